The van der Waals surface area contributed by atoms with E-state index in [0.29, 0.717) is 0 Å². The lowest BCUT2D eigenvalue weighted by Gasteiger charge is -2.19. The Morgan fingerprint density at radius 3 is 2.71 bits per heavy atom. The number of carbonyl (C=O) groups excluding carboxylic acids is 1. The Morgan fingerprint density at radius 1 is 1.39 bits per heavy atom. The number of hydrogen-bond acceptors (Lipinski definition) is 4. The van der Waals surface area contributed by atoms with Crippen molar-refractivity contribution < 1.29 is 27.1 Å². The van der Waals surface area contributed by atoms with Crippen molar-refractivity contribution in [1.82, 2.24) is 9.78 Å². The summed E-state index contributed by atoms with van der Waals surface area (Å²) in [5, 5.41) is 15.3. The molecule has 0 radical (unpaired) electrons. The molecule has 28 heavy (non-hydrogen) atoms. The van der Waals surface area contributed by atoms with Gasteiger partial charge in [-0.05, 0) is 6.92 Å². The van der Waals surface area contributed by atoms with E-state index in [9.17, 15) is 27.6 Å². The van der Waals surface area contributed by atoms with Crippen molar-refractivity contribution in [2.75, 3.05) is 23.0 Å². The maximum atomic E-state index is 13.4. The summed E-state index contributed by atoms with van der Waals surface area (Å²) in [6.45, 7) is 1.96. The summed E-state index contributed by atoms with van der Waals surface area (Å²) < 4.78 is 51.2. The quantitative estimate of drug-likeness (QED) is 0.271. The first-order chi connectivity index (χ1) is 13.1. The van der Waals surface area contributed by atoms with E-state index >= 15 is 0 Å². The topological polar surface area (TPSA) is 65.1 Å². The molecule has 2 heterocycles. The lowest BCUT2D eigenvalue weighted by atomic mass is 10.3. The van der Waals surface area contributed by atoms with Gasteiger partial charge in [0.25, 0.3) is 0 Å². The van der Waals surface area contributed by atoms with Crippen LogP contribution in [0, 0.1) is 11.0 Å². The molecule has 0 aliphatic rings. The van der Waals surface area contributed by atoms with Crippen LogP contribution >= 0.6 is 23.4 Å². The van der Waals surface area contributed by atoms with Gasteiger partial charge in [0.1, 0.15) is 11.4 Å². The van der Waals surface area contributed by atoms with Gasteiger partial charge in [0, 0.05) is 30.5 Å². The van der Waals surface area contributed by atoms with Crippen LogP contribution in [0.3, 0.4) is 0 Å². The van der Waals surface area contributed by atoms with E-state index < -0.39 is 18.4 Å². The Labute approximate surface area is 167 Å². The largest absolute Gasteiger partial charge is 0.619 e. The molecule has 154 valence electrons. The molecule has 1 amide bonds. The molecule has 0 bridgehead atoms. The molecule has 0 spiro atoms. The number of carbonyl (C=O) groups is 1. The second-order valence-electron chi connectivity index (χ2n) is 5.69. The molecule has 2 aromatic heterocycles. The number of amides is 1. The summed E-state index contributed by atoms with van der Waals surface area (Å²) in [4.78, 5) is 13.8. The zero-order valence-corrected chi connectivity index (χ0v) is 16.3. The Hall–Kier alpha value is -2.01. The SMILES string of the molecule is CCN(C(=O)CCSCCC(F)(F)F)c1cn(-c2cc(F)c[n+]([O-])c2)nc1Cl. The van der Waals surface area contributed by atoms with Gasteiger partial charge in [0.05, 0.1) is 12.6 Å². The molecule has 0 aliphatic carbocycles. The van der Waals surface area contributed by atoms with Crippen molar-refractivity contribution in [2.24, 2.45) is 0 Å². The van der Waals surface area contributed by atoms with Crippen molar-refractivity contribution in [2.45, 2.75) is 25.9 Å². The van der Waals surface area contributed by atoms with Gasteiger partial charge in [0.2, 0.25) is 18.3 Å². The predicted octanol–water partition coefficient (Wildman–Crippen LogP) is 3.73. The number of thioether (sulfide) groups is 1. The van der Waals surface area contributed by atoms with Gasteiger partial charge < -0.3 is 10.1 Å². The van der Waals surface area contributed by atoms with Crippen molar-refractivity contribution in [3.05, 3.63) is 40.8 Å². The number of hydrogen-bond donors (Lipinski definition) is 0. The van der Waals surface area contributed by atoms with Crippen LogP contribution in [0.1, 0.15) is 19.8 Å². The van der Waals surface area contributed by atoms with Gasteiger partial charge in [-0.15, -0.1) is 0 Å². The van der Waals surface area contributed by atoms with Crippen LogP contribution in [0.25, 0.3) is 5.69 Å². The first-order valence-electron chi connectivity index (χ1n) is 8.20. The minimum Gasteiger partial charge on any atom is -0.619 e. The number of alkyl halides is 3. The van der Waals surface area contributed by atoms with Crippen molar-refractivity contribution >= 4 is 35.0 Å². The average Bonchev–Trinajstić information content (AvgIpc) is 2.95. The molecule has 0 unspecified atom stereocenters. The van der Waals surface area contributed by atoms with Crippen LogP contribution in [-0.4, -0.2) is 39.9 Å². The van der Waals surface area contributed by atoms with Gasteiger partial charge in [-0.2, -0.15) is 34.8 Å². The predicted molar refractivity (Wildman–Crippen MR) is 98.1 cm³/mol. The first-order valence-corrected chi connectivity index (χ1v) is 9.73. The maximum absolute atomic E-state index is 13.4. The standard InChI is InChI=1S/C16H17ClF4N4O2S/c1-2-24(14(26)3-5-28-6-4-16(19,20)21)13-10-25(22-15(13)17)12-7-11(18)8-23(27)9-12/h7-10H,2-6H2,1H3. The van der Waals surface area contributed by atoms with Crippen molar-refractivity contribution in [3.63, 3.8) is 0 Å². The highest BCUT2D eigenvalue weighted by Crippen LogP contribution is 2.27. The van der Waals surface area contributed by atoms with Crippen LogP contribution in [0.4, 0.5) is 23.2 Å². The van der Waals surface area contributed by atoms with Crippen LogP contribution in [0.15, 0.2) is 24.7 Å². The Balaban J connectivity index is 2.05. The fraction of sp³-hybridized carbons (Fsp3) is 0.438. The van der Waals surface area contributed by atoms with Crippen LogP contribution in [0.5, 0.6) is 0 Å². The first kappa shape index (κ1) is 22.3. The summed E-state index contributed by atoms with van der Waals surface area (Å²) in [6, 6.07) is 1.08. The third kappa shape index (κ3) is 6.26. The lowest BCUT2D eigenvalue weighted by Crippen LogP contribution is -2.30. The molecular formula is C16H17ClF4N4O2S. The summed E-state index contributed by atoms with van der Waals surface area (Å²) in [7, 11) is 0. The molecule has 0 aliphatic heterocycles. The van der Waals surface area contributed by atoms with Gasteiger partial charge in [-0.25, -0.2) is 9.07 Å². The van der Waals surface area contributed by atoms with E-state index in [4.69, 9.17) is 11.6 Å². The number of rotatable bonds is 8. The molecule has 0 N–H and O–H groups in total. The van der Waals surface area contributed by atoms with E-state index in [2.05, 4.69) is 5.10 Å². The third-order valence-corrected chi connectivity index (χ3v) is 4.86. The van der Waals surface area contributed by atoms with Gasteiger partial charge in [0.15, 0.2) is 11.0 Å². The molecule has 0 atom stereocenters. The van der Waals surface area contributed by atoms with Gasteiger partial charge >= 0.3 is 6.18 Å². The lowest BCUT2D eigenvalue weighted by molar-refractivity contribution is -0.606. The number of anilines is 1. The molecule has 0 aromatic carbocycles. The monoisotopic (exact) mass is 440 g/mol. The van der Waals surface area contributed by atoms with E-state index in [-0.39, 0.29) is 51.6 Å². The molecule has 0 saturated carbocycles. The summed E-state index contributed by atoms with van der Waals surface area (Å²) in [6.07, 6.45) is -1.88. The number of pyridine rings is 1. The molecule has 0 saturated heterocycles. The van der Waals surface area contributed by atoms with Gasteiger partial charge in [-0.3, -0.25) is 4.79 Å². The smallest absolute Gasteiger partial charge is 0.389 e. The minimum atomic E-state index is -4.21. The minimum absolute atomic E-state index is 0.0262. The van der Waals surface area contributed by atoms with E-state index in [1.165, 1.54) is 15.8 Å². The summed E-state index contributed by atoms with van der Waals surface area (Å²) in [5.74, 6) is -0.977. The van der Waals surface area contributed by atoms with E-state index in [0.717, 1.165) is 30.2 Å². The van der Waals surface area contributed by atoms with E-state index in [1.54, 1.807) is 6.92 Å². The normalized spacial score (nSPS) is 11.6. The second kappa shape index (κ2) is 9.46. The highest BCUT2D eigenvalue weighted by atomic mass is 35.5. The average molecular weight is 441 g/mol. The number of halogens is 5. The summed E-state index contributed by atoms with van der Waals surface area (Å²) >= 11 is 7.13. The zero-order chi connectivity index (χ0) is 20.9. The molecule has 2 rings (SSSR count). The molecule has 0 fully saturated rings. The highest BCUT2D eigenvalue weighted by Gasteiger charge is 2.26. The fourth-order valence-corrected chi connectivity index (χ4v) is 3.48. The van der Waals surface area contributed by atoms with Crippen LogP contribution in [0.2, 0.25) is 5.15 Å². The fourth-order valence-electron chi connectivity index (χ4n) is 2.35. The molecule has 6 nitrogen and oxygen atoms in total. The Bertz CT molecular complexity index is 811. The summed E-state index contributed by atoms with van der Waals surface area (Å²) in [5.41, 5.74) is 0.380. The highest BCUT2D eigenvalue weighted by molar-refractivity contribution is 7.99. The number of aromatic nitrogens is 3. The Morgan fingerprint density at radius 2 is 2.11 bits per heavy atom. The molecule has 12 heteroatoms. The number of nitrogens with zero attached hydrogens (tertiary/aromatic N) is 4. The zero-order valence-electron chi connectivity index (χ0n) is 14.7. The maximum Gasteiger partial charge on any atom is 0.389 e. The van der Waals surface area contributed by atoms with Crippen LogP contribution < -0.4 is 9.63 Å². The van der Waals surface area contributed by atoms with Gasteiger partial charge in [-0.1, -0.05) is 11.6 Å². The van der Waals surface area contributed by atoms with Crippen molar-refractivity contribution in [1.29, 1.82) is 0 Å². The van der Waals surface area contributed by atoms with Crippen molar-refractivity contribution in [3.8, 4) is 5.69 Å². The third-order valence-electron chi connectivity index (χ3n) is 3.61. The van der Waals surface area contributed by atoms with E-state index in [1.807, 2.05) is 0 Å². The second-order valence-corrected chi connectivity index (χ2v) is 7.27. The Kier molecular flexibility index (Phi) is 7.53. The molecule has 2 aromatic rings. The molecular weight excluding hydrogens is 424 g/mol. The van der Waals surface area contributed by atoms with Crippen LogP contribution in [-0.2, 0) is 4.79 Å².